The van der Waals surface area contributed by atoms with E-state index in [1.165, 1.54) is 23.0 Å². The van der Waals surface area contributed by atoms with Crippen LogP contribution in [0.4, 0.5) is 0 Å². The molecule has 3 atom stereocenters. The quantitative estimate of drug-likeness (QED) is 0.581. The molecule has 2 aliphatic heterocycles. The van der Waals surface area contributed by atoms with E-state index in [-0.39, 0.29) is 36.0 Å². The van der Waals surface area contributed by atoms with Crippen LogP contribution in [0.15, 0.2) is 48.5 Å². The number of fused-ring (bicyclic) bond motifs is 2. The Bertz CT molecular complexity index is 998. The molecule has 2 aromatic rings. The van der Waals surface area contributed by atoms with Gasteiger partial charge in [-0.15, -0.1) is 0 Å². The fraction of sp³-hybridized carbons (Fsp3) is 0.375. The summed E-state index contributed by atoms with van der Waals surface area (Å²) in [6.45, 7) is 3.07. The van der Waals surface area contributed by atoms with Crippen LogP contribution in [-0.4, -0.2) is 52.3 Å². The standard InChI is InChI=1S/C24H24N2O4/c1-15(27)30-22-13-18(26-23(28)19-8-4-5-9-20(19)24(26)29)12-21(22)25-11-10-16-6-2-3-7-17(16)14-25/h2-9,18,21-22H,10-14H2,1H3. The normalized spacial score (nSPS) is 25.9. The van der Waals surface area contributed by atoms with Crippen LogP contribution in [0, 0.1) is 0 Å². The van der Waals surface area contributed by atoms with Crippen LogP contribution >= 0.6 is 0 Å². The maximum Gasteiger partial charge on any atom is 0.302 e. The Morgan fingerprint density at radius 1 is 0.933 bits per heavy atom. The third-order valence-electron chi connectivity index (χ3n) is 6.58. The Balaban J connectivity index is 1.40. The first-order valence-corrected chi connectivity index (χ1v) is 10.5. The minimum absolute atomic E-state index is 0.0171. The molecule has 6 heteroatoms. The summed E-state index contributed by atoms with van der Waals surface area (Å²) >= 11 is 0. The lowest BCUT2D eigenvalue weighted by Gasteiger charge is -2.36. The smallest absolute Gasteiger partial charge is 0.302 e. The lowest BCUT2D eigenvalue weighted by Crippen LogP contribution is -2.45. The molecule has 154 valence electrons. The van der Waals surface area contributed by atoms with E-state index >= 15 is 0 Å². The Hall–Kier alpha value is -2.99. The number of benzene rings is 2. The average molecular weight is 404 g/mol. The van der Waals surface area contributed by atoms with Gasteiger partial charge in [-0.05, 0) is 36.1 Å². The average Bonchev–Trinajstić information content (AvgIpc) is 3.26. The molecule has 0 saturated heterocycles. The first-order valence-electron chi connectivity index (χ1n) is 10.5. The van der Waals surface area contributed by atoms with Gasteiger partial charge in [-0.2, -0.15) is 0 Å². The van der Waals surface area contributed by atoms with Crippen LogP contribution in [0.1, 0.15) is 51.6 Å². The summed E-state index contributed by atoms with van der Waals surface area (Å²) in [6.07, 6.45) is 1.71. The molecule has 5 rings (SSSR count). The number of hydrogen-bond acceptors (Lipinski definition) is 5. The monoisotopic (exact) mass is 404 g/mol. The van der Waals surface area contributed by atoms with E-state index in [1.54, 1.807) is 24.3 Å². The number of hydrogen-bond donors (Lipinski definition) is 0. The van der Waals surface area contributed by atoms with Crippen LogP contribution in [-0.2, 0) is 22.5 Å². The second kappa shape index (κ2) is 7.36. The van der Waals surface area contributed by atoms with E-state index < -0.39 is 0 Å². The summed E-state index contributed by atoms with van der Waals surface area (Å²) in [6, 6.07) is 15.1. The van der Waals surface area contributed by atoms with E-state index in [2.05, 4.69) is 23.1 Å². The van der Waals surface area contributed by atoms with Crippen LogP contribution in [0.3, 0.4) is 0 Å². The molecule has 1 fully saturated rings. The van der Waals surface area contributed by atoms with Gasteiger partial charge in [-0.1, -0.05) is 36.4 Å². The molecule has 2 heterocycles. The van der Waals surface area contributed by atoms with Gasteiger partial charge in [0.05, 0.1) is 11.1 Å². The van der Waals surface area contributed by atoms with Crippen molar-refractivity contribution in [3.63, 3.8) is 0 Å². The number of nitrogens with zero attached hydrogens (tertiary/aromatic N) is 2. The van der Waals surface area contributed by atoms with E-state index in [9.17, 15) is 14.4 Å². The van der Waals surface area contributed by atoms with Gasteiger partial charge in [0.1, 0.15) is 6.10 Å². The van der Waals surface area contributed by atoms with Crippen molar-refractivity contribution in [2.24, 2.45) is 0 Å². The van der Waals surface area contributed by atoms with Crippen LogP contribution in [0.5, 0.6) is 0 Å². The molecule has 0 aromatic heterocycles. The zero-order chi connectivity index (χ0) is 20.8. The van der Waals surface area contributed by atoms with Gasteiger partial charge in [0.25, 0.3) is 11.8 Å². The third kappa shape index (κ3) is 3.12. The van der Waals surface area contributed by atoms with Crippen LogP contribution in [0.2, 0.25) is 0 Å². The number of ether oxygens (including phenoxy) is 1. The van der Waals surface area contributed by atoms with Gasteiger partial charge in [0.2, 0.25) is 0 Å². The maximum atomic E-state index is 13.0. The molecule has 2 amide bonds. The van der Waals surface area contributed by atoms with Crippen molar-refractivity contribution in [3.05, 3.63) is 70.8 Å². The summed E-state index contributed by atoms with van der Waals surface area (Å²) in [7, 11) is 0. The van der Waals surface area contributed by atoms with Gasteiger partial charge in [-0.3, -0.25) is 24.2 Å². The van der Waals surface area contributed by atoms with Crippen molar-refractivity contribution in [1.29, 1.82) is 0 Å². The van der Waals surface area contributed by atoms with Gasteiger partial charge in [-0.25, -0.2) is 0 Å². The predicted octanol–water partition coefficient (Wildman–Crippen LogP) is 2.80. The maximum absolute atomic E-state index is 13.0. The largest absolute Gasteiger partial charge is 0.461 e. The molecule has 0 N–H and O–H groups in total. The highest BCUT2D eigenvalue weighted by molar-refractivity contribution is 6.21. The molecule has 2 aromatic carbocycles. The minimum Gasteiger partial charge on any atom is -0.461 e. The molecular formula is C24H24N2O4. The molecule has 0 bridgehead atoms. The minimum atomic E-state index is -0.331. The summed E-state index contributed by atoms with van der Waals surface area (Å²) in [4.78, 5) is 41.4. The molecule has 1 aliphatic carbocycles. The Morgan fingerprint density at radius 2 is 1.57 bits per heavy atom. The fourth-order valence-corrected chi connectivity index (χ4v) is 5.23. The first kappa shape index (κ1) is 19.0. The molecule has 30 heavy (non-hydrogen) atoms. The fourth-order valence-electron chi connectivity index (χ4n) is 5.23. The Morgan fingerprint density at radius 3 is 2.23 bits per heavy atom. The SMILES string of the molecule is CC(=O)OC1CC(N2C(=O)c3ccccc3C2=O)CC1N1CCc2ccccc2C1. The van der Waals surface area contributed by atoms with Crippen molar-refractivity contribution in [3.8, 4) is 0 Å². The van der Waals surface area contributed by atoms with Crippen molar-refractivity contribution in [2.75, 3.05) is 6.54 Å². The number of imide groups is 1. The number of carbonyl (C=O) groups is 3. The summed E-state index contributed by atoms with van der Waals surface area (Å²) in [5.41, 5.74) is 3.56. The van der Waals surface area contributed by atoms with Gasteiger partial charge >= 0.3 is 5.97 Å². The zero-order valence-corrected chi connectivity index (χ0v) is 16.9. The molecule has 3 unspecified atom stereocenters. The lowest BCUT2D eigenvalue weighted by atomic mass is 9.98. The van der Waals surface area contributed by atoms with E-state index in [4.69, 9.17) is 4.74 Å². The first-order chi connectivity index (χ1) is 14.5. The molecule has 3 aliphatic rings. The topological polar surface area (TPSA) is 66.9 Å². The molecule has 0 radical (unpaired) electrons. The highest BCUT2D eigenvalue weighted by atomic mass is 16.5. The van der Waals surface area contributed by atoms with Crippen LogP contribution in [0.25, 0.3) is 0 Å². The number of rotatable bonds is 3. The summed E-state index contributed by atoms with van der Waals surface area (Å²) < 4.78 is 5.67. The Kier molecular flexibility index (Phi) is 4.66. The highest BCUT2D eigenvalue weighted by Gasteiger charge is 2.48. The van der Waals surface area contributed by atoms with Crippen molar-refractivity contribution >= 4 is 17.8 Å². The lowest BCUT2D eigenvalue weighted by molar-refractivity contribution is -0.149. The molecular weight excluding hydrogens is 380 g/mol. The predicted molar refractivity (Wildman–Crippen MR) is 110 cm³/mol. The van der Waals surface area contributed by atoms with E-state index in [1.807, 2.05) is 6.07 Å². The van der Waals surface area contributed by atoms with Crippen molar-refractivity contribution in [2.45, 2.75) is 50.9 Å². The number of carbonyl (C=O) groups excluding carboxylic acids is 3. The summed E-state index contributed by atoms with van der Waals surface area (Å²) in [5.74, 6) is -0.816. The van der Waals surface area contributed by atoms with Crippen molar-refractivity contribution in [1.82, 2.24) is 9.80 Å². The highest BCUT2D eigenvalue weighted by Crippen LogP contribution is 2.37. The number of esters is 1. The molecule has 6 nitrogen and oxygen atoms in total. The number of amides is 2. The molecule has 0 spiro atoms. The third-order valence-corrected chi connectivity index (χ3v) is 6.58. The van der Waals surface area contributed by atoms with Gasteiger partial charge < -0.3 is 4.74 Å². The Labute approximate surface area is 175 Å². The van der Waals surface area contributed by atoms with Crippen LogP contribution < -0.4 is 0 Å². The van der Waals surface area contributed by atoms with E-state index in [0.717, 1.165) is 19.5 Å². The molecule has 1 saturated carbocycles. The summed E-state index contributed by atoms with van der Waals surface area (Å²) in [5, 5.41) is 0. The second-order valence-electron chi connectivity index (χ2n) is 8.36. The second-order valence-corrected chi connectivity index (χ2v) is 8.36. The van der Waals surface area contributed by atoms with E-state index in [0.29, 0.717) is 24.0 Å². The zero-order valence-electron chi connectivity index (χ0n) is 16.9. The van der Waals surface area contributed by atoms with Gasteiger partial charge in [0, 0.05) is 38.5 Å². The van der Waals surface area contributed by atoms with Crippen molar-refractivity contribution < 1.29 is 19.1 Å². The van der Waals surface area contributed by atoms with Gasteiger partial charge in [0.15, 0.2) is 0 Å².